The average Bonchev–Trinajstić information content (AvgIpc) is 2.87. The quantitative estimate of drug-likeness (QED) is 0.704. The third-order valence-corrected chi connectivity index (χ3v) is 5.42. The van der Waals surface area contributed by atoms with Gasteiger partial charge in [-0.05, 0) is 33.4 Å². The van der Waals surface area contributed by atoms with Crippen molar-refractivity contribution >= 4 is 16.5 Å². The molecule has 0 aliphatic heterocycles. The molecular weight excluding hydrogens is 284 g/mol. The van der Waals surface area contributed by atoms with E-state index in [1.165, 1.54) is 19.3 Å². The number of thiazole rings is 1. The summed E-state index contributed by atoms with van der Waals surface area (Å²) in [5.41, 5.74) is 1.46. The number of ether oxygens (including phenoxy) is 1. The first-order valence-electron chi connectivity index (χ1n) is 7.60. The number of aromatic nitrogens is 1. The second-order valence-corrected chi connectivity index (χ2v) is 6.96. The van der Waals surface area contributed by atoms with Crippen LogP contribution in [0.5, 0.6) is 0 Å². The molecule has 2 rings (SSSR count). The molecular formula is C15H28N4OS. The highest BCUT2D eigenvalue weighted by Gasteiger charge is 2.40. The van der Waals surface area contributed by atoms with Crippen molar-refractivity contribution < 1.29 is 4.74 Å². The Hall–Kier alpha value is -0.690. The molecule has 0 unspecified atom stereocenters. The minimum Gasteiger partial charge on any atom is -0.383 e. The average molecular weight is 312 g/mol. The van der Waals surface area contributed by atoms with Crippen LogP contribution in [0.4, 0.5) is 5.13 Å². The van der Waals surface area contributed by atoms with E-state index in [2.05, 4.69) is 41.6 Å². The van der Waals surface area contributed by atoms with Gasteiger partial charge in [0.15, 0.2) is 5.13 Å². The van der Waals surface area contributed by atoms with Gasteiger partial charge in [-0.3, -0.25) is 0 Å². The molecule has 1 heterocycles. The molecule has 6 heteroatoms. The summed E-state index contributed by atoms with van der Waals surface area (Å²) in [6, 6.07) is 0. The monoisotopic (exact) mass is 312 g/mol. The van der Waals surface area contributed by atoms with Crippen molar-refractivity contribution in [2.75, 3.05) is 52.8 Å². The van der Waals surface area contributed by atoms with Gasteiger partial charge in [0.2, 0.25) is 0 Å². The lowest BCUT2D eigenvalue weighted by Crippen LogP contribution is -2.56. The van der Waals surface area contributed by atoms with E-state index in [0.29, 0.717) is 5.54 Å². The molecule has 0 atom stereocenters. The van der Waals surface area contributed by atoms with Crippen LogP contribution in [-0.2, 0) is 11.3 Å². The summed E-state index contributed by atoms with van der Waals surface area (Å²) in [6.07, 6.45) is 3.93. The molecule has 0 radical (unpaired) electrons. The second-order valence-electron chi connectivity index (χ2n) is 6.12. The zero-order valence-corrected chi connectivity index (χ0v) is 14.5. The minimum atomic E-state index is 0.345. The highest BCUT2D eigenvalue weighted by molar-refractivity contribution is 7.13. The maximum atomic E-state index is 5.03. The fraction of sp³-hybridized carbons (Fsp3) is 0.800. The Bertz CT molecular complexity index is 431. The molecule has 1 aromatic heterocycles. The first-order chi connectivity index (χ1) is 10.1. The molecule has 0 aromatic carbocycles. The van der Waals surface area contributed by atoms with E-state index in [-0.39, 0.29) is 0 Å². The summed E-state index contributed by atoms with van der Waals surface area (Å²) in [7, 11) is 8.27. The molecule has 0 amide bonds. The lowest BCUT2D eigenvalue weighted by Gasteiger charge is -2.49. The number of nitrogens with zero attached hydrogens (tertiary/aromatic N) is 3. The molecule has 21 heavy (non-hydrogen) atoms. The first kappa shape index (κ1) is 16.7. The third kappa shape index (κ3) is 4.16. The summed E-state index contributed by atoms with van der Waals surface area (Å²) >= 11 is 1.73. The molecule has 5 nitrogen and oxygen atoms in total. The number of nitrogens with one attached hydrogen (secondary N) is 1. The van der Waals surface area contributed by atoms with Gasteiger partial charge in [-0.2, -0.15) is 0 Å². The van der Waals surface area contributed by atoms with Gasteiger partial charge >= 0.3 is 0 Å². The molecule has 0 saturated heterocycles. The van der Waals surface area contributed by atoms with Crippen molar-refractivity contribution in [1.82, 2.24) is 15.2 Å². The van der Waals surface area contributed by atoms with Crippen LogP contribution in [0, 0.1) is 0 Å². The number of hydrogen-bond donors (Lipinski definition) is 1. The van der Waals surface area contributed by atoms with E-state index in [4.69, 9.17) is 9.72 Å². The van der Waals surface area contributed by atoms with Crippen LogP contribution in [0.25, 0.3) is 0 Å². The number of hydrogen-bond acceptors (Lipinski definition) is 6. The Kier molecular flexibility index (Phi) is 5.98. The van der Waals surface area contributed by atoms with Crippen molar-refractivity contribution in [3.63, 3.8) is 0 Å². The molecule has 120 valence electrons. The van der Waals surface area contributed by atoms with Crippen molar-refractivity contribution in [2.24, 2.45) is 0 Å². The van der Waals surface area contributed by atoms with E-state index in [1.807, 2.05) is 0 Å². The van der Waals surface area contributed by atoms with E-state index in [1.54, 1.807) is 18.4 Å². The standard InChI is InChI=1S/C15H28N4OS/c1-18(2)15(6-5-7-15)12-19(3)14-17-13(11-21-14)10-16-8-9-20-4/h11,16H,5-10,12H2,1-4H3. The second kappa shape index (κ2) is 7.54. The zero-order chi connectivity index (χ0) is 15.3. The van der Waals surface area contributed by atoms with Gasteiger partial charge in [0, 0.05) is 44.7 Å². The van der Waals surface area contributed by atoms with E-state index < -0.39 is 0 Å². The van der Waals surface area contributed by atoms with Crippen molar-refractivity contribution in [3.05, 3.63) is 11.1 Å². The molecule has 1 N–H and O–H groups in total. The molecule has 0 bridgehead atoms. The Morgan fingerprint density at radius 1 is 1.38 bits per heavy atom. The summed E-state index contributed by atoms with van der Waals surface area (Å²) in [5, 5.41) is 6.60. The molecule has 1 aromatic rings. The van der Waals surface area contributed by atoms with Gasteiger partial charge in [-0.25, -0.2) is 4.98 Å². The lowest BCUT2D eigenvalue weighted by atomic mass is 9.75. The van der Waals surface area contributed by atoms with Crippen LogP contribution < -0.4 is 10.2 Å². The topological polar surface area (TPSA) is 40.6 Å². The van der Waals surface area contributed by atoms with Gasteiger partial charge in [-0.15, -0.1) is 11.3 Å². The molecule has 1 saturated carbocycles. The highest BCUT2D eigenvalue weighted by Crippen LogP contribution is 2.37. The maximum Gasteiger partial charge on any atom is 0.185 e. The Morgan fingerprint density at radius 3 is 2.71 bits per heavy atom. The van der Waals surface area contributed by atoms with Crippen LogP contribution >= 0.6 is 11.3 Å². The van der Waals surface area contributed by atoms with Crippen LogP contribution in [0.2, 0.25) is 0 Å². The lowest BCUT2D eigenvalue weighted by molar-refractivity contribution is 0.0683. The molecule has 1 aliphatic carbocycles. The largest absolute Gasteiger partial charge is 0.383 e. The smallest absolute Gasteiger partial charge is 0.185 e. The fourth-order valence-corrected chi connectivity index (χ4v) is 3.58. The number of methoxy groups -OCH3 is 1. The van der Waals surface area contributed by atoms with Gasteiger partial charge in [0.25, 0.3) is 0 Å². The number of likely N-dealkylation sites (N-methyl/N-ethyl adjacent to an activating group) is 2. The van der Waals surface area contributed by atoms with Crippen LogP contribution in [0.3, 0.4) is 0 Å². The Morgan fingerprint density at radius 2 is 2.14 bits per heavy atom. The maximum absolute atomic E-state index is 5.03. The zero-order valence-electron chi connectivity index (χ0n) is 13.7. The van der Waals surface area contributed by atoms with Crippen LogP contribution in [0.15, 0.2) is 5.38 Å². The predicted molar refractivity (Wildman–Crippen MR) is 89.2 cm³/mol. The normalized spacial score (nSPS) is 17.0. The molecule has 1 aliphatic rings. The minimum absolute atomic E-state index is 0.345. The summed E-state index contributed by atoms with van der Waals surface area (Å²) < 4.78 is 5.03. The highest BCUT2D eigenvalue weighted by atomic mass is 32.1. The first-order valence-corrected chi connectivity index (χ1v) is 8.48. The van der Waals surface area contributed by atoms with Gasteiger partial charge < -0.3 is 19.9 Å². The van der Waals surface area contributed by atoms with Gasteiger partial charge in [-0.1, -0.05) is 0 Å². The Balaban J connectivity index is 1.85. The van der Waals surface area contributed by atoms with E-state index >= 15 is 0 Å². The van der Waals surface area contributed by atoms with Crippen molar-refractivity contribution in [1.29, 1.82) is 0 Å². The Labute approximate surface area is 132 Å². The summed E-state index contributed by atoms with van der Waals surface area (Å²) in [4.78, 5) is 9.42. The summed E-state index contributed by atoms with van der Waals surface area (Å²) in [6.45, 7) is 3.47. The predicted octanol–water partition coefficient (Wildman–Crippen LogP) is 1.80. The number of rotatable bonds is 9. The van der Waals surface area contributed by atoms with E-state index in [9.17, 15) is 0 Å². The SMILES string of the molecule is COCCNCc1csc(N(C)CC2(N(C)C)CCC2)n1. The van der Waals surface area contributed by atoms with Gasteiger partial charge in [0.05, 0.1) is 12.3 Å². The third-order valence-electron chi connectivity index (χ3n) is 4.42. The van der Waals surface area contributed by atoms with Gasteiger partial charge in [0.1, 0.15) is 0 Å². The van der Waals surface area contributed by atoms with Crippen LogP contribution in [0.1, 0.15) is 25.0 Å². The van der Waals surface area contributed by atoms with Crippen molar-refractivity contribution in [3.8, 4) is 0 Å². The summed E-state index contributed by atoms with van der Waals surface area (Å²) in [5.74, 6) is 0. The molecule has 0 spiro atoms. The van der Waals surface area contributed by atoms with Crippen molar-refractivity contribution in [2.45, 2.75) is 31.3 Å². The van der Waals surface area contributed by atoms with Crippen LogP contribution in [-0.4, -0.2) is 63.4 Å². The fourth-order valence-electron chi connectivity index (χ4n) is 2.78. The van der Waals surface area contributed by atoms with E-state index in [0.717, 1.165) is 37.1 Å². The number of anilines is 1. The molecule has 1 fully saturated rings.